The molecule has 0 bridgehead atoms. The first kappa shape index (κ1) is 22.9. The van der Waals surface area contributed by atoms with Crippen LogP contribution < -0.4 is 5.32 Å². The van der Waals surface area contributed by atoms with E-state index in [4.69, 9.17) is 4.74 Å². The van der Waals surface area contributed by atoms with E-state index in [0.29, 0.717) is 25.9 Å². The van der Waals surface area contributed by atoms with E-state index in [1.165, 1.54) is 17.5 Å². The third kappa shape index (κ3) is 4.60. The predicted octanol–water partition coefficient (Wildman–Crippen LogP) is 4.19. The van der Waals surface area contributed by atoms with Crippen LogP contribution in [0.15, 0.2) is 59.5 Å². The van der Waals surface area contributed by atoms with Gasteiger partial charge in [0.05, 0.1) is 18.4 Å². The van der Waals surface area contributed by atoms with Crippen molar-refractivity contribution in [1.82, 2.24) is 4.31 Å². The number of methoxy groups -OCH3 is 1. The molecule has 1 aliphatic heterocycles. The van der Waals surface area contributed by atoms with Gasteiger partial charge in [-0.25, -0.2) is 17.6 Å². The number of nitrogens with one attached hydrogen (secondary N) is 1. The first-order chi connectivity index (χ1) is 15.8. The molecule has 3 aromatic rings. The lowest BCUT2D eigenvalue weighted by Gasteiger charge is -2.26. The highest BCUT2D eigenvalue weighted by molar-refractivity contribution is 7.89. The Morgan fingerprint density at radius 3 is 2.30 bits per heavy atom. The number of carbonyl (C=O) groups is 2. The lowest BCUT2D eigenvalue weighted by atomic mass is 10.0. The van der Waals surface area contributed by atoms with Gasteiger partial charge in [-0.2, -0.15) is 4.31 Å². The number of piperidine rings is 1. The molecule has 0 radical (unpaired) electrons. The van der Waals surface area contributed by atoms with Crippen molar-refractivity contribution in [2.24, 2.45) is 0 Å². The Morgan fingerprint density at radius 2 is 1.64 bits per heavy atom. The van der Waals surface area contributed by atoms with Crippen LogP contribution in [0.5, 0.6) is 0 Å². The largest absolute Gasteiger partial charge is 0.465 e. The molecule has 172 valence electrons. The fraction of sp³-hybridized carbons (Fsp3) is 0.250. The van der Waals surface area contributed by atoms with E-state index in [9.17, 15) is 22.4 Å². The number of hydrogen-bond acceptors (Lipinski definition) is 5. The van der Waals surface area contributed by atoms with E-state index in [0.717, 1.165) is 29.3 Å². The maximum Gasteiger partial charge on any atom is 0.339 e. The van der Waals surface area contributed by atoms with Gasteiger partial charge in [-0.05, 0) is 53.9 Å². The van der Waals surface area contributed by atoms with Crippen molar-refractivity contribution >= 4 is 38.4 Å². The van der Waals surface area contributed by atoms with E-state index in [-0.39, 0.29) is 16.8 Å². The molecule has 1 N–H and O–H groups in total. The third-order valence-corrected chi connectivity index (χ3v) is 7.58. The molecule has 0 aliphatic carbocycles. The summed E-state index contributed by atoms with van der Waals surface area (Å²) in [6, 6.07) is 13.7. The van der Waals surface area contributed by atoms with Gasteiger partial charge in [0.1, 0.15) is 10.7 Å². The molecule has 0 atom stereocenters. The van der Waals surface area contributed by atoms with Crippen LogP contribution in [0.2, 0.25) is 0 Å². The molecule has 1 saturated heterocycles. The van der Waals surface area contributed by atoms with Crippen molar-refractivity contribution < 1.29 is 27.1 Å². The zero-order chi connectivity index (χ0) is 23.6. The summed E-state index contributed by atoms with van der Waals surface area (Å²) < 4.78 is 46.5. The summed E-state index contributed by atoms with van der Waals surface area (Å²) in [5.41, 5.74) is 0.305. The van der Waals surface area contributed by atoms with E-state index in [1.807, 2.05) is 24.3 Å². The number of hydrogen-bond donors (Lipinski definition) is 1. The molecule has 3 aromatic carbocycles. The molecule has 33 heavy (non-hydrogen) atoms. The van der Waals surface area contributed by atoms with Gasteiger partial charge in [0.15, 0.2) is 0 Å². The minimum Gasteiger partial charge on any atom is -0.465 e. The van der Waals surface area contributed by atoms with Gasteiger partial charge in [-0.1, -0.05) is 30.7 Å². The molecule has 0 unspecified atom stereocenters. The van der Waals surface area contributed by atoms with Crippen molar-refractivity contribution in [2.75, 3.05) is 25.5 Å². The van der Waals surface area contributed by atoms with Gasteiger partial charge in [-0.15, -0.1) is 0 Å². The van der Waals surface area contributed by atoms with Gasteiger partial charge in [0.25, 0.3) is 5.91 Å². The zero-order valence-corrected chi connectivity index (χ0v) is 18.8. The fourth-order valence-electron chi connectivity index (χ4n) is 3.90. The minimum atomic E-state index is -4.07. The molecule has 4 rings (SSSR count). The Labute approximate surface area is 191 Å². The van der Waals surface area contributed by atoms with Crippen molar-refractivity contribution in [3.8, 4) is 0 Å². The first-order valence-corrected chi connectivity index (χ1v) is 12.0. The van der Waals surface area contributed by atoms with Crippen LogP contribution in [-0.2, 0) is 14.8 Å². The second kappa shape index (κ2) is 9.29. The van der Waals surface area contributed by atoms with Gasteiger partial charge >= 0.3 is 5.97 Å². The second-order valence-electron chi connectivity index (χ2n) is 7.80. The number of halogens is 1. The van der Waals surface area contributed by atoms with E-state index in [1.54, 1.807) is 12.1 Å². The Bertz CT molecular complexity index is 1330. The number of fused-ring (bicyclic) bond motifs is 1. The number of anilines is 1. The van der Waals surface area contributed by atoms with Crippen LogP contribution in [0.1, 0.15) is 40.0 Å². The number of amides is 1. The minimum absolute atomic E-state index is 0.0454. The Kier molecular flexibility index (Phi) is 6.44. The summed E-state index contributed by atoms with van der Waals surface area (Å²) in [6.45, 7) is 0.634. The zero-order valence-electron chi connectivity index (χ0n) is 18.0. The topological polar surface area (TPSA) is 92.8 Å². The van der Waals surface area contributed by atoms with E-state index < -0.39 is 32.6 Å². The van der Waals surface area contributed by atoms with Crippen molar-refractivity contribution in [3.05, 3.63) is 71.5 Å². The second-order valence-corrected chi connectivity index (χ2v) is 9.71. The summed E-state index contributed by atoms with van der Waals surface area (Å²) in [5.74, 6) is -2.23. The van der Waals surface area contributed by atoms with Crippen LogP contribution in [-0.4, -0.2) is 44.8 Å². The predicted molar refractivity (Wildman–Crippen MR) is 122 cm³/mol. The molecule has 1 fully saturated rings. The van der Waals surface area contributed by atoms with Crippen molar-refractivity contribution in [2.45, 2.75) is 24.2 Å². The summed E-state index contributed by atoms with van der Waals surface area (Å²) in [4.78, 5) is 24.7. The monoisotopic (exact) mass is 470 g/mol. The van der Waals surface area contributed by atoms with Crippen molar-refractivity contribution in [1.29, 1.82) is 0 Å². The summed E-state index contributed by atoms with van der Waals surface area (Å²) in [7, 11) is -2.83. The molecule has 9 heteroatoms. The molecule has 1 heterocycles. The molecular formula is C24H23FN2O5S. The molecular weight excluding hydrogens is 447 g/mol. The number of esters is 1. The smallest absolute Gasteiger partial charge is 0.339 e. The fourth-order valence-corrected chi connectivity index (χ4v) is 5.51. The van der Waals surface area contributed by atoms with Gasteiger partial charge < -0.3 is 10.1 Å². The van der Waals surface area contributed by atoms with Crippen LogP contribution >= 0.6 is 0 Å². The SMILES string of the molecule is COC(=O)c1cc2ccccc2cc1NC(=O)c1ccc(F)c(S(=O)(=O)N2CCCCC2)c1. The number of rotatable bonds is 5. The Morgan fingerprint density at radius 1 is 0.970 bits per heavy atom. The lowest BCUT2D eigenvalue weighted by Crippen LogP contribution is -2.36. The molecule has 0 spiro atoms. The number of carbonyl (C=O) groups excluding carboxylic acids is 2. The average molecular weight is 471 g/mol. The van der Waals surface area contributed by atoms with Crippen molar-refractivity contribution in [3.63, 3.8) is 0 Å². The van der Waals surface area contributed by atoms with Crippen LogP contribution in [0.25, 0.3) is 10.8 Å². The quantitative estimate of drug-likeness (QED) is 0.565. The average Bonchev–Trinajstić information content (AvgIpc) is 2.83. The maximum absolute atomic E-state index is 14.5. The molecule has 1 aliphatic rings. The number of sulfonamides is 1. The lowest BCUT2D eigenvalue weighted by molar-refractivity contribution is 0.0602. The normalized spacial score (nSPS) is 14.7. The summed E-state index contributed by atoms with van der Waals surface area (Å²) >= 11 is 0. The molecule has 0 aromatic heterocycles. The molecule has 7 nitrogen and oxygen atoms in total. The van der Waals surface area contributed by atoms with E-state index >= 15 is 0 Å². The Balaban J connectivity index is 1.69. The number of ether oxygens (including phenoxy) is 1. The van der Waals surface area contributed by atoms with Crippen LogP contribution in [0, 0.1) is 5.82 Å². The molecule has 1 amide bonds. The maximum atomic E-state index is 14.5. The third-order valence-electron chi connectivity index (χ3n) is 5.67. The summed E-state index contributed by atoms with van der Waals surface area (Å²) in [5, 5.41) is 4.21. The molecule has 0 saturated carbocycles. The summed E-state index contributed by atoms with van der Waals surface area (Å²) in [6.07, 6.45) is 2.34. The van der Waals surface area contributed by atoms with Gasteiger partial charge in [0, 0.05) is 18.7 Å². The first-order valence-electron chi connectivity index (χ1n) is 10.5. The highest BCUT2D eigenvalue weighted by atomic mass is 32.2. The van der Waals surface area contributed by atoms with Gasteiger partial charge in [-0.3, -0.25) is 4.79 Å². The van der Waals surface area contributed by atoms with Gasteiger partial charge in [0.2, 0.25) is 10.0 Å². The number of nitrogens with zero attached hydrogens (tertiary/aromatic N) is 1. The Hall–Kier alpha value is -3.30. The van der Waals surface area contributed by atoms with E-state index in [2.05, 4.69) is 5.32 Å². The highest BCUT2D eigenvalue weighted by Crippen LogP contribution is 2.27. The highest BCUT2D eigenvalue weighted by Gasteiger charge is 2.29. The standard InChI is InChI=1S/C24H23FN2O5S/c1-32-24(29)19-13-16-7-3-4-8-17(16)14-21(19)26-23(28)18-9-10-20(25)22(15-18)33(30,31)27-11-5-2-6-12-27/h3-4,7-10,13-15H,2,5-6,11-12H2,1H3,(H,26,28). The van der Waals surface area contributed by atoms with Crippen LogP contribution in [0.4, 0.5) is 10.1 Å². The number of benzene rings is 3. The van der Waals surface area contributed by atoms with Crippen LogP contribution in [0.3, 0.4) is 0 Å².